The van der Waals surface area contributed by atoms with Crippen molar-refractivity contribution < 1.29 is 22.6 Å². The van der Waals surface area contributed by atoms with E-state index in [2.05, 4.69) is 36.7 Å². The molecule has 4 aromatic rings. The third-order valence-corrected chi connectivity index (χ3v) is 5.25. The average Bonchev–Trinajstić information content (AvgIpc) is 3.34. The number of fused-ring (bicyclic) bond motifs is 5. The molecule has 34 heavy (non-hydrogen) atoms. The van der Waals surface area contributed by atoms with E-state index in [1.54, 1.807) is 19.5 Å². The van der Waals surface area contributed by atoms with E-state index < -0.39 is 12.1 Å². The molecule has 1 aliphatic rings. The van der Waals surface area contributed by atoms with Crippen molar-refractivity contribution in [3.8, 4) is 34.7 Å². The van der Waals surface area contributed by atoms with Crippen LogP contribution in [0.5, 0.6) is 5.75 Å². The summed E-state index contributed by atoms with van der Waals surface area (Å²) in [5.41, 5.74) is 3.09. The van der Waals surface area contributed by atoms with Gasteiger partial charge in [0.2, 0.25) is 0 Å². The zero-order valence-corrected chi connectivity index (χ0v) is 18.2. The van der Waals surface area contributed by atoms with Crippen LogP contribution in [0.3, 0.4) is 0 Å². The molecular weight excluding hydrogens is 473 g/mol. The van der Waals surface area contributed by atoms with E-state index in [0.29, 0.717) is 28.9 Å². The summed E-state index contributed by atoms with van der Waals surface area (Å²) in [5.74, 6) is 6.64. The van der Waals surface area contributed by atoms with Crippen LogP contribution in [0.1, 0.15) is 22.9 Å². The Hall–Kier alpha value is -3.88. The van der Waals surface area contributed by atoms with Crippen LogP contribution < -0.4 is 4.74 Å². The number of pyridine rings is 1. The lowest BCUT2D eigenvalue weighted by atomic mass is 10.1. The molecule has 0 bridgehead atoms. The number of hydrogen-bond donors (Lipinski definition) is 0. The van der Waals surface area contributed by atoms with Gasteiger partial charge in [0.05, 0.1) is 24.1 Å². The van der Waals surface area contributed by atoms with Gasteiger partial charge in [-0.1, -0.05) is 11.6 Å². The van der Waals surface area contributed by atoms with Crippen LogP contribution in [-0.2, 0) is 17.9 Å². The molecule has 0 saturated heterocycles. The number of rotatable bonds is 3. The molecule has 4 heterocycles. The maximum atomic E-state index is 12.3. The number of aromatic nitrogens is 6. The minimum Gasteiger partial charge on any atom is -0.404 e. The Labute approximate surface area is 195 Å². The molecule has 8 nitrogen and oxygen atoms in total. The number of alkyl halides is 3. The van der Waals surface area contributed by atoms with Crippen molar-refractivity contribution in [1.29, 1.82) is 0 Å². The molecule has 1 aromatic carbocycles. The lowest BCUT2D eigenvalue weighted by Gasteiger charge is -2.08. The summed E-state index contributed by atoms with van der Waals surface area (Å²) >= 11 is 6.25. The first kappa shape index (κ1) is 21.9. The first-order valence-electron chi connectivity index (χ1n) is 9.84. The third kappa shape index (κ3) is 4.21. The second-order valence-corrected chi connectivity index (χ2v) is 7.64. The maximum Gasteiger partial charge on any atom is 0.573 e. The molecule has 0 N–H and O–H groups in total. The fourth-order valence-corrected chi connectivity index (χ4v) is 3.76. The van der Waals surface area contributed by atoms with Crippen molar-refractivity contribution in [2.45, 2.75) is 19.5 Å². The zero-order chi connectivity index (χ0) is 23.9. The van der Waals surface area contributed by atoms with Gasteiger partial charge in [-0.15, -0.1) is 23.4 Å². The Morgan fingerprint density at radius 3 is 2.71 bits per heavy atom. The normalized spacial score (nSPS) is 12.1. The molecule has 0 unspecified atom stereocenters. The molecule has 3 aromatic heterocycles. The summed E-state index contributed by atoms with van der Waals surface area (Å²) in [6.45, 7) is 0.622. The lowest BCUT2D eigenvalue weighted by molar-refractivity contribution is -0.274. The predicted molar refractivity (Wildman–Crippen MR) is 114 cm³/mol. The van der Waals surface area contributed by atoms with Gasteiger partial charge in [-0.25, -0.2) is 9.97 Å². The summed E-state index contributed by atoms with van der Waals surface area (Å²) in [5, 5.41) is 9.14. The second kappa shape index (κ2) is 8.48. The quantitative estimate of drug-likeness (QED) is 0.359. The summed E-state index contributed by atoms with van der Waals surface area (Å²) in [4.78, 5) is 8.36. The van der Waals surface area contributed by atoms with Gasteiger partial charge in [-0.3, -0.25) is 4.57 Å². The lowest BCUT2D eigenvalue weighted by Crippen LogP contribution is -2.17. The molecule has 5 rings (SSSR count). The fourth-order valence-electron chi connectivity index (χ4n) is 3.59. The van der Waals surface area contributed by atoms with Crippen molar-refractivity contribution in [2.75, 3.05) is 7.11 Å². The van der Waals surface area contributed by atoms with E-state index in [1.165, 1.54) is 6.07 Å². The maximum absolute atomic E-state index is 12.3. The van der Waals surface area contributed by atoms with E-state index in [9.17, 15) is 13.2 Å². The molecule has 0 amide bonds. The van der Waals surface area contributed by atoms with Crippen molar-refractivity contribution in [3.05, 3.63) is 70.8 Å². The highest BCUT2D eigenvalue weighted by atomic mass is 35.5. The first-order chi connectivity index (χ1) is 16.3. The Balaban J connectivity index is 1.55. The van der Waals surface area contributed by atoms with Crippen molar-refractivity contribution >= 4 is 11.6 Å². The Morgan fingerprint density at radius 2 is 1.97 bits per heavy atom. The highest BCUT2D eigenvalue weighted by molar-refractivity contribution is 6.31. The van der Waals surface area contributed by atoms with Gasteiger partial charge in [-0.2, -0.15) is 0 Å². The molecule has 0 radical (unpaired) electrons. The summed E-state index contributed by atoms with van der Waals surface area (Å²) < 4.78 is 49.9. The van der Waals surface area contributed by atoms with Crippen LogP contribution in [0, 0.1) is 11.8 Å². The topological polar surface area (TPSA) is 79.9 Å². The highest BCUT2D eigenvalue weighted by Gasteiger charge is 2.31. The summed E-state index contributed by atoms with van der Waals surface area (Å²) in [6.07, 6.45) is -2.17. The molecule has 0 aliphatic carbocycles. The zero-order valence-electron chi connectivity index (χ0n) is 17.5. The number of nitrogens with zero attached hydrogens (tertiary/aromatic N) is 6. The standard InChI is InChI=1S/C22H14ClF3N6O2/c1-33-11-20-29-30-21-16-8-13(23)2-7-18(16)32-12-28-17(19(32)10-31(20)21)6-4-14-3-5-15(9-27-14)34-22(24,25)26/h2-3,5,7-9,12H,10-11H2,1H3. The summed E-state index contributed by atoms with van der Waals surface area (Å²) in [7, 11) is 1.57. The Bertz CT molecular complexity index is 1430. The van der Waals surface area contributed by atoms with E-state index in [0.717, 1.165) is 29.2 Å². The molecule has 12 heteroatoms. The number of hydrogen-bond acceptors (Lipinski definition) is 6. The number of imidazole rings is 1. The van der Waals surface area contributed by atoms with Crippen molar-refractivity contribution in [3.63, 3.8) is 0 Å². The minimum absolute atomic E-state index is 0.258. The molecule has 0 atom stereocenters. The van der Waals surface area contributed by atoms with Crippen LogP contribution in [-0.4, -0.2) is 42.8 Å². The van der Waals surface area contributed by atoms with Gasteiger partial charge in [0.15, 0.2) is 11.6 Å². The molecule has 1 aliphatic heterocycles. The number of ether oxygens (including phenoxy) is 2. The largest absolute Gasteiger partial charge is 0.573 e. The second-order valence-electron chi connectivity index (χ2n) is 7.21. The molecule has 0 saturated carbocycles. The average molecular weight is 487 g/mol. The monoisotopic (exact) mass is 486 g/mol. The summed E-state index contributed by atoms with van der Waals surface area (Å²) in [6, 6.07) is 7.93. The van der Waals surface area contributed by atoms with Crippen LogP contribution >= 0.6 is 11.6 Å². The van der Waals surface area contributed by atoms with Crippen molar-refractivity contribution in [2.24, 2.45) is 0 Å². The molecular formula is C22H14ClF3N6O2. The molecule has 0 fully saturated rings. The third-order valence-electron chi connectivity index (χ3n) is 5.01. The number of halogens is 4. The number of methoxy groups -OCH3 is 1. The molecule has 0 spiro atoms. The van der Waals surface area contributed by atoms with E-state index >= 15 is 0 Å². The number of benzene rings is 1. The SMILES string of the molecule is COCc1nnc2n1Cc1c(C#Cc3ccc(OC(F)(F)F)cn3)ncn1-c1ccc(Cl)cc1-2. The van der Waals surface area contributed by atoms with E-state index in [4.69, 9.17) is 16.3 Å². The van der Waals surface area contributed by atoms with Gasteiger partial charge in [0.1, 0.15) is 30.1 Å². The van der Waals surface area contributed by atoms with Gasteiger partial charge >= 0.3 is 6.36 Å². The predicted octanol–water partition coefficient (Wildman–Crippen LogP) is 3.99. The van der Waals surface area contributed by atoms with Crippen molar-refractivity contribution in [1.82, 2.24) is 29.3 Å². The highest BCUT2D eigenvalue weighted by Crippen LogP contribution is 2.34. The Morgan fingerprint density at radius 1 is 1.12 bits per heavy atom. The van der Waals surface area contributed by atoms with Gasteiger partial charge < -0.3 is 14.0 Å². The van der Waals surface area contributed by atoms with Gasteiger partial charge in [0.25, 0.3) is 0 Å². The smallest absolute Gasteiger partial charge is 0.404 e. The van der Waals surface area contributed by atoms with Crippen LogP contribution in [0.2, 0.25) is 5.02 Å². The van der Waals surface area contributed by atoms with E-state index in [-0.39, 0.29) is 12.3 Å². The fraction of sp³-hybridized carbons (Fsp3) is 0.182. The Kier molecular flexibility index (Phi) is 5.47. The van der Waals surface area contributed by atoms with Gasteiger partial charge in [-0.05, 0) is 42.2 Å². The van der Waals surface area contributed by atoms with Crippen LogP contribution in [0.25, 0.3) is 17.1 Å². The molecule has 172 valence electrons. The first-order valence-corrected chi connectivity index (χ1v) is 10.2. The minimum atomic E-state index is -4.79. The van der Waals surface area contributed by atoms with Crippen LogP contribution in [0.15, 0.2) is 42.9 Å². The van der Waals surface area contributed by atoms with Gasteiger partial charge in [0, 0.05) is 17.7 Å². The van der Waals surface area contributed by atoms with E-state index in [1.807, 2.05) is 21.3 Å². The van der Waals surface area contributed by atoms with Crippen LogP contribution in [0.4, 0.5) is 13.2 Å².